The number of aliphatic hydroxyl groups excluding tert-OH is 1. The lowest BCUT2D eigenvalue weighted by atomic mass is 9.93. The normalized spacial score (nSPS) is 16.3. The Morgan fingerprint density at radius 2 is 1.38 bits per heavy atom. The Bertz CT molecular complexity index is 1040. The van der Waals surface area contributed by atoms with E-state index in [1.807, 2.05) is 78.9 Å². The smallest absolute Gasteiger partial charge is 0.294 e. The van der Waals surface area contributed by atoms with Crippen molar-refractivity contribution >= 4 is 17.4 Å². The van der Waals surface area contributed by atoms with Gasteiger partial charge in [-0.1, -0.05) is 78.9 Å². The lowest BCUT2D eigenvalue weighted by Gasteiger charge is -2.27. The molecule has 4 heteroatoms. The number of benzene rings is 3. The number of Topliss-reactive ketones (excluding diaryl/α,β-unsaturated/α-hetero) is 1. The van der Waals surface area contributed by atoms with Gasteiger partial charge in [-0.25, -0.2) is 0 Å². The van der Waals surface area contributed by atoms with Gasteiger partial charge in [0.05, 0.1) is 11.6 Å². The van der Waals surface area contributed by atoms with Gasteiger partial charge in [0.1, 0.15) is 0 Å². The maximum absolute atomic E-state index is 13.1. The Labute approximate surface area is 169 Å². The largest absolute Gasteiger partial charge is 0.503 e. The van der Waals surface area contributed by atoms with Gasteiger partial charge < -0.3 is 5.11 Å². The molecule has 0 fully saturated rings. The number of carbonyl (C=O) groups excluding carboxylic acids is 2. The molecule has 0 aromatic heterocycles. The molecule has 0 saturated carbocycles. The maximum atomic E-state index is 13.1. The third-order valence-electron chi connectivity index (χ3n) is 5.14. The van der Waals surface area contributed by atoms with E-state index < -0.39 is 17.7 Å². The fourth-order valence-corrected chi connectivity index (χ4v) is 3.73. The van der Waals surface area contributed by atoms with Crippen molar-refractivity contribution < 1.29 is 14.7 Å². The molecule has 1 aliphatic rings. The second-order valence-corrected chi connectivity index (χ2v) is 6.99. The van der Waals surface area contributed by atoms with E-state index in [1.165, 1.54) is 4.90 Å². The van der Waals surface area contributed by atoms with Crippen molar-refractivity contribution in [3.63, 3.8) is 0 Å². The lowest BCUT2D eigenvalue weighted by molar-refractivity contribution is -0.118. The fourth-order valence-electron chi connectivity index (χ4n) is 3.73. The topological polar surface area (TPSA) is 57.6 Å². The molecule has 0 spiro atoms. The number of hydrogen-bond acceptors (Lipinski definition) is 3. The molecule has 1 unspecified atom stereocenters. The van der Waals surface area contributed by atoms with E-state index >= 15 is 0 Å². The van der Waals surface area contributed by atoms with E-state index in [1.54, 1.807) is 12.1 Å². The zero-order valence-electron chi connectivity index (χ0n) is 15.9. The van der Waals surface area contributed by atoms with Crippen molar-refractivity contribution in [1.29, 1.82) is 0 Å². The van der Waals surface area contributed by atoms with E-state index in [0.717, 1.165) is 11.1 Å². The van der Waals surface area contributed by atoms with Gasteiger partial charge >= 0.3 is 0 Å². The molecule has 3 aromatic carbocycles. The first kappa shape index (κ1) is 18.7. The van der Waals surface area contributed by atoms with Crippen LogP contribution in [-0.4, -0.2) is 16.8 Å². The van der Waals surface area contributed by atoms with Gasteiger partial charge in [0, 0.05) is 12.1 Å². The molecule has 1 amide bonds. The van der Waals surface area contributed by atoms with Crippen LogP contribution in [0.15, 0.2) is 102 Å². The standard InChI is InChI=1S/C25H21NO3/c27-21(17-16-18-10-4-1-5-11-18)22-23(19-12-6-2-7-13-19)26(25(29)24(22)28)20-14-8-3-9-15-20/h1-15,23,28H,16-17H2. The zero-order valence-corrected chi connectivity index (χ0v) is 15.9. The van der Waals surface area contributed by atoms with Crippen LogP contribution in [0.5, 0.6) is 0 Å². The summed E-state index contributed by atoms with van der Waals surface area (Å²) < 4.78 is 0. The summed E-state index contributed by atoms with van der Waals surface area (Å²) in [6.07, 6.45) is 0.778. The van der Waals surface area contributed by atoms with Gasteiger partial charge in [0.25, 0.3) is 5.91 Å². The molecule has 144 valence electrons. The van der Waals surface area contributed by atoms with Crippen molar-refractivity contribution in [3.8, 4) is 0 Å². The predicted octanol–water partition coefficient (Wildman–Crippen LogP) is 4.79. The van der Waals surface area contributed by atoms with Gasteiger partial charge in [-0.3, -0.25) is 14.5 Å². The van der Waals surface area contributed by atoms with Crippen LogP contribution in [0.3, 0.4) is 0 Å². The Balaban J connectivity index is 1.70. The van der Waals surface area contributed by atoms with Crippen LogP contribution in [-0.2, 0) is 16.0 Å². The first-order valence-corrected chi connectivity index (χ1v) is 9.60. The molecule has 4 rings (SSSR count). The molecule has 1 N–H and O–H groups in total. The summed E-state index contributed by atoms with van der Waals surface area (Å²) in [5, 5.41) is 10.7. The van der Waals surface area contributed by atoms with Crippen LogP contribution >= 0.6 is 0 Å². The second kappa shape index (κ2) is 8.15. The number of aliphatic hydroxyl groups is 1. The van der Waals surface area contributed by atoms with Crippen LogP contribution in [0, 0.1) is 0 Å². The Hall–Kier alpha value is -3.66. The van der Waals surface area contributed by atoms with Crippen LogP contribution in [0.4, 0.5) is 5.69 Å². The predicted molar refractivity (Wildman–Crippen MR) is 113 cm³/mol. The molecule has 4 nitrogen and oxygen atoms in total. The number of anilines is 1. The third kappa shape index (κ3) is 3.69. The van der Waals surface area contributed by atoms with Gasteiger partial charge in [0.2, 0.25) is 0 Å². The van der Waals surface area contributed by atoms with Crippen molar-refractivity contribution in [2.75, 3.05) is 4.90 Å². The van der Waals surface area contributed by atoms with E-state index in [-0.39, 0.29) is 17.8 Å². The first-order valence-electron chi connectivity index (χ1n) is 9.60. The summed E-state index contributed by atoms with van der Waals surface area (Å²) in [7, 11) is 0. The molecule has 0 bridgehead atoms. The average Bonchev–Trinajstić information content (AvgIpc) is 3.05. The van der Waals surface area contributed by atoms with E-state index in [9.17, 15) is 14.7 Å². The molecular weight excluding hydrogens is 362 g/mol. The van der Waals surface area contributed by atoms with Crippen molar-refractivity contribution in [2.24, 2.45) is 0 Å². The third-order valence-corrected chi connectivity index (χ3v) is 5.14. The average molecular weight is 383 g/mol. The quantitative estimate of drug-likeness (QED) is 0.666. The molecule has 0 radical (unpaired) electrons. The minimum atomic E-state index is -0.644. The number of amides is 1. The van der Waals surface area contributed by atoms with E-state index in [0.29, 0.717) is 12.1 Å². The molecule has 29 heavy (non-hydrogen) atoms. The number of nitrogens with zero attached hydrogens (tertiary/aromatic N) is 1. The zero-order chi connectivity index (χ0) is 20.2. The van der Waals surface area contributed by atoms with Crippen molar-refractivity contribution in [2.45, 2.75) is 18.9 Å². The molecule has 3 aromatic rings. The molecule has 0 saturated heterocycles. The fraction of sp³-hybridized carbons (Fsp3) is 0.120. The number of rotatable bonds is 6. The Morgan fingerprint density at radius 3 is 2.00 bits per heavy atom. The number of aryl methyl sites for hydroxylation is 1. The molecule has 0 aliphatic carbocycles. The van der Waals surface area contributed by atoms with Gasteiger partial charge in [-0.2, -0.15) is 0 Å². The summed E-state index contributed by atoms with van der Waals surface area (Å²) in [4.78, 5) is 27.6. The summed E-state index contributed by atoms with van der Waals surface area (Å²) in [6, 6.07) is 27.6. The molecule has 1 heterocycles. The Kier molecular flexibility index (Phi) is 5.25. The maximum Gasteiger partial charge on any atom is 0.294 e. The highest BCUT2D eigenvalue weighted by atomic mass is 16.3. The summed E-state index contributed by atoms with van der Waals surface area (Å²) in [6.45, 7) is 0. The lowest BCUT2D eigenvalue weighted by Crippen LogP contribution is -2.31. The molecular formula is C25H21NO3. The number of hydrogen-bond donors (Lipinski definition) is 1. The second-order valence-electron chi connectivity index (χ2n) is 6.99. The van der Waals surface area contributed by atoms with Gasteiger partial charge in [0.15, 0.2) is 11.5 Å². The number of para-hydroxylation sites is 1. The monoisotopic (exact) mass is 383 g/mol. The molecule has 1 atom stereocenters. The minimum absolute atomic E-state index is 0.168. The van der Waals surface area contributed by atoms with Crippen LogP contribution < -0.4 is 4.90 Å². The highest BCUT2D eigenvalue weighted by Crippen LogP contribution is 2.41. The van der Waals surface area contributed by atoms with Crippen molar-refractivity contribution in [3.05, 3.63) is 113 Å². The number of carbonyl (C=O) groups is 2. The van der Waals surface area contributed by atoms with E-state index in [2.05, 4.69) is 0 Å². The highest BCUT2D eigenvalue weighted by Gasteiger charge is 2.43. The van der Waals surface area contributed by atoms with Crippen LogP contribution in [0.25, 0.3) is 0 Å². The first-order chi connectivity index (χ1) is 14.2. The van der Waals surface area contributed by atoms with E-state index in [4.69, 9.17) is 0 Å². The summed E-state index contributed by atoms with van der Waals surface area (Å²) in [5.74, 6) is -1.22. The Morgan fingerprint density at radius 1 is 0.828 bits per heavy atom. The number of ketones is 1. The summed E-state index contributed by atoms with van der Waals surface area (Å²) >= 11 is 0. The van der Waals surface area contributed by atoms with Gasteiger partial charge in [-0.15, -0.1) is 0 Å². The minimum Gasteiger partial charge on any atom is -0.503 e. The summed E-state index contributed by atoms with van der Waals surface area (Å²) in [5.41, 5.74) is 2.64. The molecule has 1 aliphatic heterocycles. The SMILES string of the molecule is O=C(CCc1ccccc1)C1=C(O)C(=O)N(c2ccccc2)C1c1ccccc1. The van der Waals surface area contributed by atoms with Crippen molar-refractivity contribution in [1.82, 2.24) is 0 Å². The van der Waals surface area contributed by atoms with Crippen LogP contribution in [0.2, 0.25) is 0 Å². The highest BCUT2D eigenvalue weighted by molar-refractivity contribution is 6.16. The van der Waals surface area contributed by atoms with Gasteiger partial charge in [-0.05, 0) is 29.7 Å². The van der Waals surface area contributed by atoms with Crippen LogP contribution in [0.1, 0.15) is 23.6 Å².